The van der Waals surface area contributed by atoms with E-state index < -0.39 is 11.6 Å². The predicted octanol–water partition coefficient (Wildman–Crippen LogP) is 3.05. The summed E-state index contributed by atoms with van der Waals surface area (Å²) in [6.07, 6.45) is 2.48. The molecule has 0 aromatic heterocycles. The molecule has 3 heteroatoms. The number of benzene rings is 1. The van der Waals surface area contributed by atoms with Gasteiger partial charge in [0.15, 0.2) is 0 Å². The van der Waals surface area contributed by atoms with E-state index in [1.165, 1.54) is 25.0 Å². The summed E-state index contributed by atoms with van der Waals surface area (Å²) in [6, 6.07) is 3.38. The van der Waals surface area contributed by atoms with Gasteiger partial charge in [0, 0.05) is 18.2 Å². The number of hydrogen-bond donors (Lipinski definition) is 0. The van der Waals surface area contributed by atoms with Crippen LogP contribution in [0.25, 0.3) is 0 Å². The van der Waals surface area contributed by atoms with Crippen molar-refractivity contribution in [2.75, 3.05) is 19.6 Å². The lowest BCUT2D eigenvalue weighted by Gasteiger charge is -2.28. The molecule has 0 aliphatic carbocycles. The van der Waals surface area contributed by atoms with E-state index in [0.717, 1.165) is 19.2 Å². The quantitative estimate of drug-likeness (QED) is 0.691. The maximum Gasteiger partial charge on any atom is 0.127 e. The van der Waals surface area contributed by atoms with Gasteiger partial charge in [-0.1, -0.05) is 18.8 Å². The molecule has 0 radical (unpaired) electrons. The van der Waals surface area contributed by atoms with Crippen molar-refractivity contribution >= 4 is 0 Å². The number of hydrogen-bond acceptors (Lipinski definition) is 1. The molecule has 1 aliphatic heterocycles. The first-order valence-electron chi connectivity index (χ1n) is 6.31. The van der Waals surface area contributed by atoms with Crippen molar-refractivity contribution in [3.63, 3.8) is 0 Å². The summed E-state index contributed by atoms with van der Waals surface area (Å²) in [4.78, 5) is 2.29. The predicted molar refractivity (Wildman–Crippen MR) is 68.1 cm³/mol. The van der Waals surface area contributed by atoms with Crippen molar-refractivity contribution in [2.24, 2.45) is 5.92 Å². The molecule has 0 spiro atoms. The molecule has 1 saturated heterocycles. The Morgan fingerprint density at radius 2 is 2.00 bits per heavy atom. The highest BCUT2D eigenvalue weighted by Crippen LogP contribution is 2.14. The van der Waals surface area contributed by atoms with Gasteiger partial charge in [-0.2, -0.15) is 0 Å². The summed E-state index contributed by atoms with van der Waals surface area (Å²) < 4.78 is 25.9. The Labute approximate surface area is 107 Å². The average Bonchev–Trinajstić information content (AvgIpc) is 2.27. The van der Waals surface area contributed by atoms with E-state index >= 15 is 0 Å². The fourth-order valence-electron chi connectivity index (χ4n) is 2.31. The summed E-state index contributed by atoms with van der Waals surface area (Å²) in [5, 5.41) is 0. The van der Waals surface area contributed by atoms with E-state index in [1.807, 2.05) is 0 Å². The summed E-state index contributed by atoms with van der Waals surface area (Å²) in [5.41, 5.74) is 0.401. The Morgan fingerprint density at radius 3 is 2.67 bits per heavy atom. The monoisotopic (exact) mass is 249 g/mol. The maximum absolute atomic E-state index is 12.9. The normalized spacial score (nSPS) is 20.3. The van der Waals surface area contributed by atoms with Crippen LogP contribution >= 0.6 is 0 Å². The minimum Gasteiger partial charge on any atom is -0.292 e. The number of piperidine rings is 1. The molecular formula is C15H17F2N. The SMILES string of the molecule is CC1CCCN(CC#Cc2cc(F)cc(F)c2)C1. The molecule has 2 rings (SSSR count). The first-order valence-corrected chi connectivity index (χ1v) is 6.31. The van der Waals surface area contributed by atoms with Gasteiger partial charge in [0.05, 0.1) is 6.54 Å². The van der Waals surface area contributed by atoms with E-state index in [4.69, 9.17) is 0 Å². The van der Waals surface area contributed by atoms with Gasteiger partial charge in [0.1, 0.15) is 11.6 Å². The van der Waals surface area contributed by atoms with Crippen molar-refractivity contribution in [3.05, 3.63) is 35.4 Å². The van der Waals surface area contributed by atoms with E-state index in [-0.39, 0.29) is 0 Å². The molecule has 1 aromatic rings. The summed E-state index contributed by atoms with van der Waals surface area (Å²) in [6.45, 7) is 5.03. The van der Waals surface area contributed by atoms with Gasteiger partial charge in [-0.25, -0.2) is 8.78 Å². The van der Waals surface area contributed by atoms with Crippen LogP contribution in [0.4, 0.5) is 8.78 Å². The standard InChI is InChI=1S/C15H17F2N/c1-12-4-2-6-18(11-12)7-3-5-13-8-14(16)10-15(17)9-13/h8-10,12H,2,4,6-7,11H2,1H3. The molecular weight excluding hydrogens is 232 g/mol. The molecule has 1 atom stereocenters. The highest BCUT2D eigenvalue weighted by molar-refractivity contribution is 5.35. The fourth-order valence-corrected chi connectivity index (χ4v) is 2.31. The lowest BCUT2D eigenvalue weighted by atomic mass is 10.0. The summed E-state index contributed by atoms with van der Waals surface area (Å²) in [7, 11) is 0. The molecule has 0 saturated carbocycles. The van der Waals surface area contributed by atoms with Crippen LogP contribution in [-0.2, 0) is 0 Å². The second-order valence-electron chi connectivity index (χ2n) is 4.94. The Bertz CT molecular complexity index is 453. The molecule has 1 unspecified atom stereocenters. The van der Waals surface area contributed by atoms with Gasteiger partial charge < -0.3 is 0 Å². The molecule has 0 N–H and O–H groups in total. The smallest absolute Gasteiger partial charge is 0.127 e. The van der Waals surface area contributed by atoms with Crippen LogP contribution in [0.3, 0.4) is 0 Å². The van der Waals surface area contributed by atoms with E-state index in [1.54, 1.807) is 0 Å². The Balaban J connectivity index is 1.95. The lowest BCUT2D eigenvalue weighted by Crippen LogP contribution is -2.34. The Hall–Kier alpha value is -1.40. The van der Waals surface area contributed by atoms with Crippen LogP contribution in [0, 0.1) is 29.4 Å². The third-order valence-electron chi connectivity index (χ3n) is 3.14. The summed E-state index contributed by atoms with van der Waals surface area (Å²) in [5.74, 6) is 5.36. The van der Waals surface area contributed by atoms with Crippen molar-refractivity contribution in [3.8, 4) is 11.8 Å². The van der Waals surface area contributed by atoms with Gasteiger partial charge in [0.2, 0.25) is 0 Å². The second kappa shape index (κ2) is 5.97. The van der Waals surface area contributed by atoms with Gasteiger partial charge in [0.25, 0.3) is 0 Å². The molecule has 1 aliphatic rings. The highest BCUT2D eigenvalue weighted by Gasteiger charge is 2.14. The van der Waals surface area contributed by atoms with E-state index in [2.05, 4.69) is 23.7 Å². The van der Waals surface area contributed by atoms with Crippen LogP contribution < -0.4 is 0 Å². The van der Waals surface area contributed by atoms with Crippen molar-refractivity contribution in [1.29, 1.82) is 0 Å². The zero-order valence-electron chi connectivity index (χ0n) is 10.5. The van der Waals surface area contributed by atoms with Gasteiger partial charge in [-0.05, 0) is 37.4 Å². The molecule has 1 nitrogen and oxygen atoms in total. The van der Waals surface area contributed by atoms with Crippen LogP contribution in [0.1, 0.15) is 25.3 Å². The molecule has 1 aromatic carbocycles. The third kappa shape index (κ3) is 3.82. The molecule has 0 bridgehead atoms. The zero-order valence-corrected chi connectivity index (χ0v) is 10.5. The topological polar surface area (TPSA) is 3.24 Å². The second-order valence-corrected chi connectivity index (χ2v) is 4.94. The number of likely N-dealkylation sites (tertiary alicyclic amines) is 1. The molecule has 96 valence electrons. The minimum atomic E-state index is -0.578. The van der Waals surface area contributed by atoms with Gasteiger partial charge in [-0.15, -0.1) is 0 Å². The van der Waals surface area contributed by atoms with Crippen molar-refractivity contribution in [2.45, 2.75) is 19.8 Å². The average molecular weight is 249 g/mol. The molecule has 18 heavy (non-hydrogen) atoms. The minimum absolute atomic E-state index is 0.401. The number of rotatable bonds is 1. The van der Waals surface area contributed by atoms with Crippen molar-refractivity contribution in [1.82, 2.24) is 4.90 Å². The van der Waals surface area contributed by atoms with Crippen molar-refractivity contribution < 1.29 is 8.78 Å². The van der Waals surface area contributed by atoms with E-state index in [0.29, 0.717) is 18.0 Å². The zero-order chi connectivity index (χ0) is 13.0. The fraction of sp³-hybridized carbons (Fsp3) is 0.467. The van der Waals surface area contributed by atoms with Crippen LogP contribution in [0.2, 0.25) is 0 Å². The first kappa shape index (κ1) is 13.0. The maximum atomic E-state index is 12.9. The third-order valence-corrected chi connectivity index (χ3v) is 3.14. The first-order chi connectivity index (χ1) is 8.63. The largest absolute Gasteiger partial charge is 0.292 e. The van der Waals surface area contributed by atoms with E-state index in [9.17, 15) is 8.78 Å². The van der Waals surface area contributed by atoms with Crippen LogP contribution in [-0.4, -0.2) is 24.5 Å². The lowest BCUT2D eigenvalue weighted by molar-refractivity contribution is 0.204. The summed E-state index contributed by atoms with van der Waals surface area (Å²) >= 11 is 0. The molecule has 0 amide bonds. The van der Waals surface area contributed by atoms with Crippen LogP contribution in [0.5, 0.6) is 0 Å². The van der Waals surface area contributed by atoms with Gasteiger partial charge in [-0.3, -0.25) is 4.90 Å². The Kier molecular flexibility index (Phi) is 4.33. The Morgan fingerprint density at radius 1 is 1.28 bits per heavy atom. The number of halogens is 2. The van der Waals surface area contributed by atoms with Crippen LogP contribution in [0.15, 0.2) is 18.2 Å². The number of nitrogens with zero attached hydrogens (tertiary/aromatic N) is 1. The molecule has 1 fully saturated rings. The van der Waals surface area contributed by atoms with Gasteiger partial charge >= 0.3 is 0 Å². The molecule has 1 heterocycles. The highest BCUT2D eigenvalue weighted by atomic mass is 19.1.